The third-order valence-corrected chi connectivity index (χ3v) is 12.7. The summed E-state index contributed by atoms with van der Waals surface area (Å²) in [7, 11) is 0. The van der Waals surface area contributed by atoms with Gasteiger partial charge in [-0.25, -0.2) is 0 Å². The number of allylic oxidation sites excluding steroid dienone is 22. The Balaban J connectivity index is 4.43. The molecule has 0 fully saturated rings. The predicted octanol–water partition coefficient (Wildman–Crippen LogP) is 21.5. The Morgan fingerprint density at radius 1 is 0.311 bits per heavy atom. The van der Waals surface area contributed by atoms with Crippen LogP contribution >= 0.6 is 0 Å². The SMILES string of the molecule is CC/C=C\C/C=C\C/C=C\C/C=C\C/C=C\C/C=C\CCC(=O)OCC(COCCCCCCCCC/C=C\C/C=C\C/C=C\C/C=C\CC)OC(=O)CCCCCCCCCCC/C=C\CCCCCCCC. The summed E-state index contributed by atoms with van der Waals surface area (Å²) >= 11 is 0. The van der Waals surface area contributed by atoms with E-state index in [0.717, 1.165) is 103 Å². The molecule has 5 heteroatoms. The monoisotopic (exact) mass is 1020 g/mol. The second kappa shape index (κ2) is 63.3. The summed E-state index contributed by atoms with van der Waals surface area (Å²) in [6.07, 6.45) is 90.7. The maximum absolute atomic E-state index is 12.9. The quantitative estimate of drug-likeness (QED) is 0.0345. The van der Waals surface area contributed by atoms with Gasteiger partial charge in [-0.05, 0) is 122 Å². The van der Waals surface area contributed by atoms with E-state index in [2.05, 4.69) is 148 Å². The Kier molecular flexibility index (Phi) is 59.9. The van der Waals surface area contributed by atoms with Gasteiger partial charge in [0, 0.05) is 19.4 Å². The van der Waals surface area contributed by atoms with Crippen molar-refractivity contribution in [3.05, 3.63) is 134 Å². The first-order valence-corrected chi connectivity index (χ1v) is 30.7. The zero-order valence-corrected chi connectivity index (χ0v) is 48.3. The van der Waals surface area contributed by atoms with E-state index < -0.39 is 6.10 Å². The van der Waals surface area contributed by atoms with Gasteiger partial charge < -0.3 is 14.2 Å². The van der Waals surface area contributed by atoms with Gasteiger partial charge in [-0.1, -0.05) is 264 Å². The predicted molar refractivity (Wildman–Crippen MR) is 325 cm³/mol. The normalized spacial score (nSPS) is 13.2. The first-order chi connectivity index (χ1) is 36.6. The number of hydrogen-bond donors (Lipinski definition) is 0. The minimum Gasteiger partial charge on any atom is -0.462 e. The average Bonchev–Trinajstić information content (AvgIpc) is 3.40. The van der Waals surface area contributed by atoms with Crippen molar-refractivity contribution in [2.24, 2.45) is 0 Å². The van der Waals surface area contributed by atoms with E-state index in [-0.39, 0.29) is 25.2 Å². The summed E-state index contributed by atoms with van der Waals surface area (Å²) in [6, 6.07) is 0. The van der Waals surface area contributed by atoms with E-state index >= 15 is 0 Å². The van der Waals surface area contributed by atoms with Crippen LogP contribution in [-0.2, 0) is 23.8 Å². The molecular weight excluding hydrogens is 909 g/mol. The molecule has 0 bridgehead atoms. The van der Waals surface area contributed by atoms with Gasteiger partial charge in [0.1, 0.15) is 6.61 Å². The van der Waals surface area contributed by atoms with Gasteiger partial charge in [0.05, 0.1) is 6.61 Å². The van der Waals surface area contributed by atoms with Crippen LogP contribution in [0.1, 0.15) is 265 Å². The summed E-state index contributed by atoms with van der Waals surface area (Å²) < 4.78 is 17.4. The highest BCUT2D eigenvalue weighted by molar-refractivity contribution is 5.70. The van der Waals surface area contributed by atoms with Crippen molar-refractivity contribution < 1.29 is 23.8 Å². The molecule has 0 aliphatic carbocycles. The third kappa shape index (κ3) is 60.6. The number of ether oxygens (including phenoxy) is 3. The van der Waals surface area contributed by atoms with E-state index in [1.807, 2.05) is 6.08 Å². The van der Waals surface area contributed by atoms with Crippen LogP contribution in [0.3, 0.4) is 0 Å². The summed E-state index contributed by atoms with van der Waals surface area (Å²) in [4.78, 5) is 25.6. The summed E-state index contributed by atoms with van der Waals surface area (Å²) in [5.74, 6) is -0.504. The van der Waals surface area contributed by atoms with Crippen molar-refractivity contribution in [1.82, 2.24) is 0 Å². The second-order valence-electron chi connectivity index (χ2n) is 19.8. The van der Waals surface area contributed by atoms with Gasteiger partial charge in [0.15, 0.2) is 6.10 Å². The van der Waals surface area contributed by atoms with Gasteiger partial charge in [-0.15, -0.1) is 0 Å². The summed E-state index contributed by atoms with van der Waals surface area (Å²) in [5.41, 5.74) is 0. The van der Waals surface area contributed by atoms with Crippen LogP contribution < -0.4 is 0 Å². The van der Waals surface area contributed by atoms with Crippen molar-refractivity contribution in [2.75, 3.05) is 19.8 Å². The van der Waals surface area contributed by atoms with Crippen molar-refractivity contribution in [2.45, 2.75) is 271 Å². The van der Waals surface area contributed by atoms with Gasteiger partial charge in [0.25, 0.3) is 0 Å². The lowest BCUT2D eigenvalue weighted by atomic mass is 10.1. The first kappa shape index (κ1) is 70.0. The largest absolute Gasteiger partial charge is 0.462 e. The van der Waals surface area contributed by atoms with Crippen LogP contribution in [0.2, 0.25) is 0 Å². The first-order valence-electron chi connectivity index (χ1n) is 30.7. The number of esters is 2. The molecular formula is C69H114O5. The van der Waals surface area contributed by atoms with Crippen molar-refractivity contribution in [3.63, 3.8) is 0 Å². The van der Waals surface area contributed by atoms with Crippen LogP contribution in [-0.4, -0.2) is 37.9 Å². The van der Waals surface area contributed by atoms with Gasteiger partial charge in [-0.2, -0.15) is 0 Å². The minimum absolute atomic E-state index is 0.0325. The Morgan fingerprint density at radius 2 is 0.635 bits per heavy atom. The van der Waals surface area contributed by atoms with Crippen molar-refractivity contribution >= 4 is 11.9 Å². The molecule has 0 aliphatic heterocycles. The molecule has 0 rings (SSSR count). The molecule has 0 aromatic carbocycles. The summed E-state index contributed by atoms with van der Waals surface area (Å²) in [5, 5.41) is 0. The lowest BCUT2D eigenvalue weighted by Gasteiger charge is -2.18. The van der Waals surface area contributed by atoms with Crippen LogP contribution in [0.25, 0.3) is 0 Å². The number of hydrogen-bond acceptors (Lipinski definition) is 5. The van der Waals surface area contributed by atoms with E-state index in [1.54, 1.807) is 0 Å². The lowest BCUT2D eigenvalue weighted by Crippen LogP contribution is -2.30. The van der Waals surface area contributed by atoms with Crippen molar-refractivity contribution in [3.8, 4) is 0 Å². The molecule has 0 saturated heterocycles. The maximum atomic E-state index is 12.9. The molecule has 0 aromatic rings. The Morgan fingerprint density at radius 3 is 1.04 bits per heavy atom. The molecule has 0 spiro atoms. The zero-order valence-electron chi connectivity index (χ0n) is 48.3. The molecule has 0 radical (unpaired) electrons. The van der Waals surface area contributed by atoms with Gasteiger partial charge in [0.2, 0.25) is 0 Å². The Bertz CT molecular complexity index is 1530. The molecule has 0 aromatic heterocycles. The standard InChI is InChI=1S/C69H114O5/c1-4-7-10-13-16-19-22-25-28-31-34-37-40-43-46-49-52-55-58-61-64-72-65-67(74-69(71)63-60-57-54-51-48-45-42-39-36-33-30-27-24-21-18-15-12-9-6-3)66-73-68(70)62-59-56-53-50-47-44-41-38-35-32-29-26-23-20-17-14-11-8-5-2/h7-8,10-11,16-17,19-20,25-30,34-35,37-38,44,47,53,56,67H,4-6,9,12-15,18,21-24,31-33,36,39-43,45-46,48-52,54-55,57-66H2,1-3H3/b10-7-,11-8-,19-16-,20-17-,28-25-,29-26-,30-27-,37-34-,38-35-,47-44-,56-53-. The van der Waals surface area contributed by atoms with Crippen LogP contribution in [0.4, 0.5) is 0 Å². The highest BCUT2D eigenvalue weighted by Gasteiger charge is 2.17. The van der Waals surface area contributed by atoms with E-state index in [0.29, 0.717) is 25.9 Å². The van der Waals surface area contributed by atoms with Crippen LogP contribution in [0, 0.1) is 0 Å². The van der Waals surface area contributed by atoms with E-state index in [9.17, 15) is 9.59 Å². The lowest BCUT2D eigenvalue weighted by molar-refractivity contribution is -0.162. The third-order valence-electron chi connectivity index (χ3n) is 12.7. The van der Waals surface area contributed by atoms with Crippen LogP contribution in [0.5, 0.6) is 0 Å². The molecule has 1 unspecified atom stereocenters. The Labute approximate surface area is 458 Å². The van der Waals surface area contributed by atoms with Crippen LogP contribution in [0.15, 0.2) is 134 Å². The molecule has 1 atom stereocenters. The van der Waals surface area contributed by atoms with E-state index in [4.69, 9.17) is 14.2 Å². The van der Waals surface area contributed by atoms with Crippen molar-refractivity contribution in [1.29, 1.82) is 0 Å². The highest BCUT2D eigenvalue weighted by Crippen LogP contribution is 2.14. The molecule has 0 aliphatic rings. The molecule has 74 heavy (non-hydrogen) atoms. The zero-order chi connectivity index (χ0) is 53.4. The van der Waals surface area contributed by atoms with Gasteiger partial charge >= 0.3 is 11.9 Å². The molecule has 0 saturated carbocycles. The molecule has 420 valence electrons. The minimum atomic E-state index is -0.585. The second-order valence-corrected chi connectivity index (χ2v) is 19.8. The fraction of sp³-hybridized carbons (Fsp3) is 0.652. The fourth-order valence-electron chi connectivity index (χ4n) is 8.17. The maximum Gasteiger partial charge on any atom is 0.306 e. The smallest absolute Gasteiger partial charge is 0.306 e. The summed E-state index contributed by atoms with van der Waals surface area (Å²) in [6.45, 7) is 7.50. The molecule has 0 amide bonds. The molecule has 0 heterocycles. The highest BCUT2D eigenvalue weighted by atomic mass is 16.6. The van der Waals surface area contributed by atoms with E-state index in [1.165, 1.54) is 122 Å². The average molecular weight is 1020 g/mol. The topological polar surface area (TPSA) is 61.8 Å². The number of unbranched alkanes of at least 4 members (excludes halogenated alkanes) is 22. The molecule has 5 nitrogen and oxygen atoms in total. The number of rotatable bonds is 55. The van der Waals surface area contributed by atoms with Gasteiger partial charge in [-0.3, -0.25) is 9.59 Å². The number of carbonyl (C=O) groups is 2. The number of carbonyl (C=O) groups excluding carboxylic acids is 2. The fourth-order valence-corrected chi connectivity index (χ4v) is 8.17. The Hall–Kier alpha value is -3.96. The molecule has 0 N–H and O–H groups in total.